The maximum absolute atomic E-state index is 13.4. The van der Waals surface area contributed by atoms with Gasteiger partial charge in [-0.25, -0.2) is 5.01 Å². The summed E-state index contributed by atoms with van der Waals surface area (Å²) in [5, 5.41) is 2.97. The Morgan fingerprint density at radius 1 is 0.970 bits per heavy atom. The van der Waals surface area contributed by atoms with Gasteiger partial charge in [0.05, 0.1) is 17.3 Å². The predicted octanol–water partition coefficient (Wildman–Crippen LogP) is 5.61. The van der Waals surface area contributed by atoms with Crippen molar-refractivity contribution in [2.45, 2.75) is 19.9 Å². The van der Waals surface area contributed by atoms with E-state index in [1.807, 2.05) is 79.7 Å². The van der Waals surface area contributed by atoms with E-state index in [0.29, 0.717) is 21.8 Å². The van der Waals surface area contributed by atoms with Gasteiger partial charge < -0.3 is 4.98 Å². The largest absolute Gasteiger partial charge is 0.321 e. The molecule has 5 nitrogen and oxygen atoms in total. The van der Waals surface area contributed by atoms with Crippen molar-refractivity contribution in [2.75, 3.05) is 0 Å². The summed E-state index contributed by atoms with van der Waals surface area (Å²) in [6.45, 7) is 3.53. The van der Waals surface area contributed by atoms with Crippen LogP contribution in [0.1, 0.15) is 29.7 Å². The summed E-state index contributed by atoms with van der Waals surface area (Å²) < 4.78 is 0. The van der Waals surface area contributed by atoms with E-state index in [2.05, 4.69) is 10.4 Å². The molecular weight excluding hydrogens is 434 g/mol. The fourth-order valence-electron chi connectivity index (χ4n) is 4.46. The number of carbonyl (C=O) groups is 1. The van der Waals surface area contributed by atoms with Gasteiger partial charge in [-0.1, -0.05) is 66.2 Å². The molecule has 1 atom stereocenters. The molecule has 0 radical (unpaired) electrons. The Morgan fingerprint density at radius 3 is 2.42 bits per heavy atom. The van der Waals surface area contributed by atoms with E-state index < -0.39 is 0 Å². The minimum atomic E-state index is -0.336. The number of nitrogens with zero attached hydrogens (tertiary/aromatic N) is 1. The molecule has 1 aliphatic heterocycles. The van der Waals surface area contributed by atoms with Crippen molar-refractivity contribution in [2.24, 2.45) is 0 Å². The number of halogens is 1. The number of pyridine rings is 1. The molecule has 3 aromatic carbocycles. The SMILES string of the molecule is CC(=O)N1NC(c2c(-c3ccccc3)c3cc(Cl)ccc3[nH]c2=O)=C[C@H]1c1ccccc1C. The maximum Gasteiger partial charge on any atom is 0.258 e. The van der Waals surface area contributed by atoms with Gasteiger partial charge in [-0.05, 0) is 47.9 Å². The first-order valence-electron chi connectivity index (χ1n) is 10.7. The maximum atomic E-state index is 13.4. The molecule has 164 valence electrons. The zero-order chi connectivity index (χ0) is 23.1. The minimum Gasteiger partial charge on any atom is -0.321 e. The molecule has 0 saturated heterocycles. The van der Waals surface area contributed by atoms with Gasteiger partial charge in [0.25, 0.3) is 5.56 Å². The number of H-pyrrole nitrogens is 1. The molecule has 0 fully saturated rings. The number of aryl methyl sites for hydroxylation is 1. The quantitative estimate of drug-likeness (QED) is 0.422. The number of aromatic nitrogens is 1. The molecule has 5 rings (SSSR count). The summed E-state index contributed by atoms with van der Waals surface area (Å²) >= 11 is 6.34. The second kappa shape index (κ2) is 8.26. The molecule has 6 heteroatoms. The number of amides is 1. The van der Waals surface area contributed by atoms with Crippen molar-refractivity contribution in [1.29, 1.82) is 0 Å². The second-order valence-electron chi connectivity index (χ2n) is 8.14. The van der Waals surface area contributed by atoms with Crippen LogP contribution in [0.5, 0.6) is 0 Å². The van der Waals surface area contributed by atoms with Crippen LogP contribution in [0.3, 0.4) is 0 Å². The number of aromatic amines is 1. The average molecular weight is 456 g/mol. The van der Waals surface area contributed by atoms with Crippen molar-refractivity contribution < 1.29 is 4.79 Å². The number of hydrazine groups is 1. The fraction of sp³-hybridized carbons (Fsp3) is 0.111. The molecule has 2 N–H and O–H groups in total. The third-order valence-corrected chi connectivity index (χ3v) is 6.23. The van der Waals surface area contributed by atoms with Gasteiger partial charge in [-0.3, -0.25) is 15.0 Å². The van der Waals surface area contributed by atoms with Gasteiger partial charge in [0.2, 0.25) is 5.91 Å². The molecule has 0 bridgehead atoms. The number of rotatable bonds is 3. The highest BCUT2D eigenvalue weighted by molar-refractivity contribution is 6.31. The number of nitrogens with one attached hydrogen (secondary N) is 2. The van der Waals surface area contributed by atoms with Crippen molar-refractivity contribution in [3.63, 3.8) is 0 Å². The fourth-order valence-corrected chi connectivity index (χ4v) is 4.63. The molecule has 1 amide bonds. The summed E-state index contributed by atoms with van der Waals surface area (Å²) in [4.78, 5) is 28.9. The molecular formula is C27H22ClN3O2. The number of fused-ring (bicyclic) bond motifs is 1. The van der Waals surface area contributed by atoms with E-state index in [-0.39, 0.29) is 17.5 Å². The Morgan fingerprint density at radius 2 is 1.70 bits per heavy atom. The zero-order valence-corrected chi connectivity index (χ0v) is 19.0. The van der Waals surface area contributed by atoms with Crippen LogP contribution >= 0.6 is 11.6 Å². The van der Waals surface area contributed by atoms with Gasteiger partial charge in [-0.15, -0.1) is 0 Å². The van der Waals surface area contributed by atoms with Crippen molar-refractivity contribution in [3.8, 4) is 11.1 Å². The molecule has 0 saturated carbocycles. The number of benzene rings is 3. The molecule has 2 heterocycles. The first kappa shape index (κ1) is 21.0. The van der Waals surface area contributed by atoms with Crippen LogP contribution in [-0.4, -0.2) is 15.9 Å². The lowest BCUT2D eigenvalue weighted by atomic mass is 9.93. The van der Waals surface area contributed by atoms with Crippen LogP contribution in [0.25, 0.3) is 27.7 Å². The Hall–Kier alpha value is -3.83. The Bertz CT molecular complexity index is 1470. The van der Waals surface area contributed by atoms with Gasteiger partial charge in [0.1, 0.15) is 0 Å². The Labute approximate surface area is 196 Å². The molecule has 0 unspecified atom stereocenters. The van der Waals surface area contributed by atoms with Crippen LogP contribution < -0.4 is 11.0 Å². The lowest BCUT2D eigenvalue weighted by Crippen LogP contribution is -2.38. The topological polar surface area (TPSA) is 65.2 Å². The van der Waals surface area contributed by atoms with E-state index in [1.165, 1.54) is 6.92 Å². The predicted molar refractivity (Wildman–Crippen MR) is 133 cm³/mol. The standard InChI is InChI=1S/C27H22ClN3O2/c1-16-8-6-7-11-20(16)24-15-23(30-31(24)17(2)32)26-25(18-9-4-3-5-10-18)21-14-19(28)12-13-22(21)29-27(26)33/h3-15,24,30H,1-2H3,(H,29,33)/t24-/m0/s1. The van der Waals surface area contributed by atoms with E-state index in [0.717, 1.165) is 27.6 Å². The van der Waals surface area contributed by atoms with Gasteiger partial charge >= 0.3 is 0 Å². The van der Waals surface area contributed by atoms with Crippen LogP contribution in [0.15, 0.2) is 83.7 Å². The van der Waals surface area contributed by atoms with E-state index in [1.54, 1.807) is 11.1 Å². The Balaban J connectivity index is 1.79. The van der Waals surface area contributed by atoms with Crippen LogP contribution in [0, 0.1) is 6.92 Å². The second-order valence-corrected chi connectivity index (χ2v) is 8.58. The number of hydrogen-bond acceptors (Lipinski definition) is 3. The Kier molecular flexibility index (Phi) is 5.27. The van der Waals surface area contributed by atoms with Crippen LogP contribution in [0.4, 0.5) is 0 Å². The highest BCUT2D eigenvalue weighted by atomic mass is 35.5. The molecule has 1 aliphatic rings. The van der Waals surface area contributed by atoms with Gasteiger partial charge in [0, 0.05) is 28.4 Å². The summed E-state index contributed by atoms with van der Waals surface area (Å²) in [5.41, 5.74) is 8.44. The van der Waals surface area contributed by atoms with E-state index in [9.17, 15) is 9.59 Å². The summed E-state index contributed by atoms with van der Waals surface area (Å²) in [6, 6.07) is 22.8. The molecule has 0 aliphatic carbocycles. The highest BCUT2D eigenvalue weighted by Gasteiger charge is 2.32. The summed E-state index contributed by atoms with van der Waals surface area (Å²) in [7, 11) is 0. The van der Waals surface area contributed by atoms with Crippen molar-refractivity contribution in [1.82, 2.24) is 15.4 Å². The number of hydrogen-bond donors (Lipinski definition) is 2. The lowest BCUT2D eigenvalue weighted by Gasteiger charge is -2.25. The normalized spacial score (nSPS) is 15.4. The third kappa shape index (κ3) is 3.70. The molecule has 1 aromatic heterocycles. The van der Waals surface area contributed by atoms with Crippen LogP contribution in [-0.2, 0) is 4.79 Å². The summed E-state index contributed by atoms with van der Waals surface area (Å²) in [6.07, 6.45) is 1.94. The number of carbonyl (C=O) groups excluding carboxylic acids is 1. The van der Waals surface area contributed by atoms with E-state index >= 15 is 0 Å². The summed E-state index contributed by atoms with van der Waals surface area (Å²) in [5.74, 6) is -0.143. The van der Waals surface area contributed by atoms with Crippen molar-refractivity contribution in [3.05, 3.63) is 111 Å². The molecule has 0 spiro atoms. The average Bonchev–Trinajstić information content (AvgIpc) is 3.24. The van der Waals surface area contributed by atoms with Gasteiger partial charge in [-0.2, -0.15) is 0 Å². The van der Waals surface area contributed by atoms with E-state index in [4.69, 9.17) is 11.6 Å². The van der Waals surface area contributed by atoms with Gasteiger partial charge in [0.15, 0.2) is 0 Å². The lowest BCUT2D eigenvalue weighted by molar-refractivity contribution is -0.132. The monoisotopic (exact) mass is 455 g/mol. The molecule has 33 heavy (non-hydrogen) atoms. The first-order valence-corrected chi connectivity index (χ1v) is 11.1. The zero-order valence-electron chi connectivity index (χ0n) is 18.2. The van der Waals surface area contributed by atoms with Crippen LogP contribution in [0.2, 0.25) is 5.02 Å². The first-order chi connectivity index (χ1) is 15.9. The minimum absolute atomic E-state index is 0.143. The molecule has 4 aromatic rings. The third-order valence-electron chi connectivity index (χ3n) is 6.00. The smallest absolute Gasteiger partial charge is 0.258 e. The highest BCUT2D eigenvalue weighted by Crippen LogP contribution is 2.38. The van der Waals surface area contributed by atoms with Crippen molar-refractivity contribution >= 4 is 34.1 Å².